The Hall–Kier alpha value is -3.20. The van der Waals surface area contributed by atoms with Crippen molar-refractivity contribution in [2.45, 2.75) is 53.6 Å². The topological polar surface area (TPSA) is 108 Å². The van der Waals surface area contributed by atoms with Crippen molar-refractivity contribution in [1.29, 1.82) is 0 Å². The summed E-state index contributed by atoms with van der Waals surface area (Å²) in [6.45, 7) is 8.52. The molecule has 0 bridgehead atoms. The number of rotatable bonds is 8. The van der Waals surface area contributed by atoms with E-state index < -0.39 is 4.92 Å². The lowest BCUT2D eigenvalue weighted by Crippen LogP contribution is -2.14. The van der Waals surface area contributed by atoms with E-state index in [2.05, 4.69) is 34.6 Å². The minimum Gasteiger partial charge on any atom is -0.358 e. The normalized spacial score (nSPS) is 11.0. The van der Waals surface area contributed by atoms with Crippen LogP contribution in [0.5, 0.6) is 0 Å². The molecule has 3 aromatic rings. The first-order valence-electron chi connectivity index (χ1n) is 9.94. The fraction of sp³-hybridized carbons (Fsp3) is 0.381. The van der Waals surface area contributed by atoms with E-state index in [0.29, 0.717) is 30.9 Å². The number of nitro groups is 1. The van der Waals surface area contributed by atoms with Crippen molar-refractivity contribution < 1.29 is 9.72 Å². The molecule has 1 N–H and O–H groups in total. The standard InChI is InChI=1S/C21H25ClN6O3/c1-13-8-5-6-9-17(13)12-27-16(4)20(14(2)24-27)23-18(29)10-7-11-26-15(3)19(22)21(25-26)28(30)31/h5-6,8-9H,7,10-12H2,1-4H3,(H,23,29). The summed E-state index contributed by atoms with van der Waals surface area (Å²) < 4.78 is 3.35. The number of anilines is 1. The number of hydrogen-bond donors (Lipinski definition) is 1. The average molecular weight is 445 g/mol. The summed E-state index contributed by atoms with van der Waals surface area (Å²) in [5.74, 6) is -0.511. The predicted molar refractivity (Wildman–Crippen MR) is 118 cm³/mol. The summed E-state index contributed by atoms with van der Waals surface area (Å²) in [6.07, 6.45) is 0.712. The van der Waals surface area contributed by atoms with Crippen LogP contribution in [0.15, 0.2) is 24.3 Å². The molecule has 1 aromatic carbocycles. The van der Waals surface area contributed by atoms with Crippen molar-refractivity contribution in [2.24, 2.45) is 0 Å². The maximum Gasteiger partial charge on any atom is 0.408 e. The van der Waals surface area contributed by atoms with Crippen LogP contribution in [0, 0.1) is 37.8 Å². The van der Waals surface area contributed by atoms with Gasteiger partial charge in [-0.15, -0.1) is 0 Å². The van der Waals surface area contributed by atoms with Crippen LogP contribution in [0.1, 0.15) is 41.1 Å². The number of aryl methyl sites for hydroxylation is 3. The number of amides is 1. The Balaban J connectivity index is 1.61. The molecule has 0 spiro atoms. The number of nitrogens with one attached hydrogen (secondary N) is 1. The monoisotopic (exact) mass is 444 g/mol. The molecule has 2 aromatic heterocycles. The van der Waals surface area contributed by atoms with Crippen LogP contribution in [0.4, 0.5) is 11.5 Å². The zero-order valence-electron chi connectivity index (χ0n) is 18.0. The van der Waals surface area contributed by atoms with Gasteiger partial charge in [0.1, 0.15) is 0 Å². The van der Waals surface area contributed by atoms with Crippen molar-refractivity contribution >= 4 is 29.0 Å². The number of hydrogen-bond acceptors (Lipinski definition) is 5. The smallest absolute Gasteiger partial charge is 0.358 e. The largest absolute Gasteiger partial charge is 0.408 e. The summed E-state index contributed by atoms with van der Waals surface area (Å²) in [5, 5.41) is 22.4. The molecule has 0 aliphatic rings. The van der Waals surface area contributed by atoms with E-state index in [1.54, 1.807) is 6.92 Å². The Morgan fingerprint density at radius 1 is 1.13 bits per heavy atom. The molecule has 0 fully saturated rings. The van der Waals surface area contributed by atoms with Gasteiger partial charge in [0, 0.05) is 6.42 Å². The van der Waals surface area contributed by atoms with E-state index >= 15 is 0 Å². The van der Waals surface area contributed by atoms with Gasteiger partial charge in [-0.1, -0.05) is 35.9 Å². The van der Waals surface area contributed by atoms with Gasteiger partial charge in [0.05, 0.1) is 41.0 Å². The first-order chi connectivity index (χ1) is 14.7. The summed E-state index contributed by atoms with van der Waals surface area (Å²) in [5.41, 5.74) is 5.23. The minimum atomic E-state index is -0.612. The Morgan fingerprint density at radius 2 is 1.84 bits per heavy atom. The Labute approximate surface area is 185 Å². The quantitative estimate of drug-likeness (QED) is 0.410. The highest BCUT2D eigenvalue weighted by Gasteiger charge is 2.23. The van der Waals surface area contributed by atoms with Crippen molar-refractivity contribution in [3.63, 3.8) is 0 Å². The second-order valence-electron chi connectivity index (χ2n) is 7.48. The van der Waals surface area contributed by atoms with E-state index in [4.69, 9.17) is 11.6 Å². The molecule has 31 heavy (non-hydrogen) atoms. The second kappa shape index (κ2) is 9.30. The van der Waals surface area contributed by atoms with Gasteiger partial charge in [0.25, 0.3) is 0 Å². The third-order valence-electron chi connectivity index (χ3n) is 5.29. The van der Waals surface area contributed by atoms with Crippen LogP contribution in [0.3, 0.4) is 0 Å². The number of halogens is 1. The van der Waals surface area contributed by atoms with Crippen LogP contribution in [-0.2, 0) is 17.9 Å². The van der Waals surface area contributed by atoms with Crippen LogP contribution in [0.25, 0.3) is 0 Å². The van der Waals surface area contributed by atoms with E-state index in [1.165, 1.54) is 15.8 Å². The van der Waals surface area contributed by atoms with E-state index in [9.17, 15) is 14.9 Å². The minimum absolute atomic E-state index is 0.0294. The van der Waals surface area contributed by atoms with E-state index in [1.807, 2.05) is 30.7 Å². The van der Waals surface area contributed by atoms with Gasteiger partial charge in [0.15, 0.2) is 5.02 Å². The molecule has 164 valence electrons. The molecule has 0 saturated heterocycles. The highest BCUT2D eigenvalue weighted by molar-refractivity contribution is 6.33. The zero-order chi connectivity index (χ0) is 22.7. The summed E-state index contributed by atoms with van der Waals surface area (Å²) in [6, 6.07) is 8.13. The summed E-state index contributed by atoms with van der Waals surface area (Å²) in [7, 11) is 0. The van der Waals surface area contributed by atoms with Crippen LogP contribution >= 0.6 is 11.6 Å². The molecular formula is C21H25ClN6O3. The maximum absolute atomic E-state index is 12.5. The van der Waals surface area contributed by atoms with E-state index in [0.717, 1.165) is 11.4 Å². The van der Waals surface area contributed by atoms with Crippen molar-refractivity contribution in [3.8, 4) is 0 Å². The number of aromatic nitrogens is 4. The maximum atomic E-state index is 12.5. The average Bonchev–Trinajstić information content (AvgIpc) is 3.15. The number of nitrogens with zero attached hydrogens (tertiary/aromatic N) is 5. The third kappa shape index (κ3) is 4.93. The van der Waals surface area contributed by atoms with Gasteiger partial charge in [0.2, 0.25) is 5.91 Å². The summed E-state index contributed by atoms with van der Waals surface area (Å²) in [4.78, 5) is 22.8. The second-order valence-corrected chi connectivity index (χ2v) is 7.86. The highest BCUT2D eigenvalue weighted by atomic mass is 35.5. The zero-order valence-corrected chi connectivity index (χ0v) is 18.7. The first kappa shape index (κ1) is 22.5. The number of benzene rings is 1. The fourth-order valence-corrected chi connectivity index (χ4v) is 3.62. The van der Waals surface area contributed by atoms with Gasteiger partial charge in [-0.2, -0.15) is 9.78 Å². The Kier molecular flexibility index (Phi) is 6.74. The Morgan fingerprint density at radius 3 is 2.48 bits per heavy atom. The molecule has 9 nitrogen and oxygen atoms in total. The molecule has 3 rings (SSSR count). The lowest BCUT2D eigenvalue weighted by molar-refractivity contribution is -0.389. The van der Waals surface area contributed by atoms with Crippen molar-refractivity contribution in [2.75, 3.05) is 5.32 Å². The SMILES string of the molecule is Cc1ccccc1Cn1nc(C)c(NC(=O)CCCn2nc([N+](=O)[O-])c(Cl)c2C)c1C. The molecule has 0 saturated carbocycles. The van der Waals surface area contributed by atoms with Crippen LogP contribution in [-0.4, -0.2) is 30.4 Å². The fourth-order valence-electron chi connectivity index (χ4n) is 3.41. The highest BCUT2D eigenvalue weighted by Crippen LogP contribution is 2.26. The molecular weight excluding hydrogens is 420 g/mol. The lowest BCUT2D eigenvalue weighted by Gasteiger charge is -2.09. The van der Waals surface area contributed by atoms with Crippen molar-refractivity contribution in [1.82, 2.24) is 19.6 Å². The molecule has 10 heteroatoms. The van der Waals surface area contributed by atoms with Gasteiger partial charge >= 0.3 is 5.82 Å². The third-order valence-corrected chi connectivity index (χ3v) is 5.73. The summed E-state index contributed by atoms with van der Waals surface area (Å²) >= 11 is 5.95. The van der Waals surface area contributed by atoms with Crippen molar-refractivity contribution in [3.05, 3.63) is 67.6 Å². The van der Waals surface area contributed by atoms with E-state index in [-0.39, 0.29) is 23.2 Å². The lowest BCUT2D eigenvalue weighted by atomic mass is 10.1. The molecule has 2 heterocycles. The van der Waals surface area contributed by atoms with Gasteiger partial charge in [-0.3, -0.25) is 9.48 Å². The molecule has 0 radical (unpaired) electrons. The van der Waals surface area contributed by atoms with Crippen LogP contribution < -0.4 is 5.32 Å². The Bertz CT molecular complexity index is 1130. The molecule has 0 atom stereocenters. The van der Waals surface area contributed by atoms with Gasteiger partial charge in [-0.05, 0) is 50.2 Å². The number of carbonyl (C=O) groups excluding carboxylic acids is 1. The van der Waals surface area contributed by atoms with Crippen LogP contribution in [0.2, 0.25) is 5.02 Å². The molecule has 0 aliphatic carbocycles. The molecule has 0 unspecified atom stereocenters. The molecule has 1 amide bonds. The van der Waals surface area contributed by atoms with Gasteiger partial charge in [-0.25, -0.2) is 0 Å². The number of carbonyl (C=O) groups is 1. The van der Waals surface area contributed by atoms with Gasteiger partial charge < -0.3 is 15.4 Å². The molecule has 0 aliphatic heterocycles. The predicted octanol–water partition coefficient (Wildman–Crippen LogP) is 4.34. The first-order valence-corrected chi connectivity index (χ1v) is 10.3.